The highest BCUT2D eigenvalue weighted by Gasteiger charge is 2.24. The van der Waals surface area contributed by atoms with Crippen molar-refractivity contribution < 1.29 is 0 Å². The van der Waals surface area contributed by atoms with E-state index < -0.39 is 0 Å². The molecule has 1 saturated heterocycles. The van der Waals surface area contributed by atoms with Gasteiger partial charge in [0.1, 0.15) is 0 Å². The molecule has 2 heterocycles. The Morgan fingerprint density at radius 3 is 2.82 bits per heavy atom. The number of benzene rings is 1. The second-order valence-electron chi connectivity index (χ2n) is 6.88. The number of fused-ring (bicyclic) bond motifs is 1. The molecule has 3 rings (SSSR count). The molecule has 0 saturated carbocycles. The Hall–Kier alpha value is -1.32. The molecule has 0 aromatic heterocycles. The molecule has 1 aromatic carbocycles. The van der Waals surface area contributed by atoms with Crippen molar-refractivity contribution in [2.24, 2.45) is 0 Å². The summed E-state index contributed by atoms with van der Waals surface area (Å²) < 4.78 is 0. The average molecular weight is 299 g/mol. The smallest absolute Gasteiger partial charge is 0.0388 e. The second-order valence-corrected chi connectivity index (χ2v) is 6.88. The van der Waals surface area contributed by atoms with Gasteiger partial charge >= 0.3 is 0 Å². The van der Waals surface area contributed by atoms with Gasteiger partial charge in [-0.15, -0.1) is 0 Å². The van der Waals surface area contributed by atoms with Gasteiger partial charge in [-0.1, -0.05) is 30.4 Å². The fourth-order valence-electron chi connectivity index (χ4n) is 3.74. The van der Waals surface area contributed by atoms with Crippen LogP contribution in [-0.4, -0.2) is 37.1 Å². The van der Waals surface area contributed by atoms with E-state index in [1.807, 2.05) is 0 Å². The number of likely N-dealkylation sites (tertiary alicyclic amines) is 1. The number of para-hydroxylation sites is 1. The minimum Gasteiger partial charge on any atom is -0.385 e. The molecular formula is C19H29N3. The van der Waals surface area contributed by atoms with Crippen LogP contribution in [0.5, 0.6) is 0 Å². The highest BCUT2D eigenvalue weighted by molar-refractivity contribution is 5.53. The fraction of sp³-hybridized carbons (Fsp3) is 0.579. The summed E-state index contributed by atoms with van der Waals surface area (Å²) >= 11 is 0. The van der Waals surface area contributed by atoms with Crippen molar-refractivity contribution in [3.05, 3.63) is 42.0 Å². The van der Waals surface area contributed by atoms with Crippen LogP contribution in [0.2, 0.25) is 0 Å². The Morgan fingerprint density at radius 1 is 1.27 bits per heavy atom. The van der Waals surface area contributed by atoms with Gasteiger partial charge in [-0.2, -0.15) is 0 Å². The first kappa shape index (κ1) is 15.6. The quantitative estimate of drug-likeness (QED) is 0.832. The van der Waals surface area contributed by atoms with E-state index in [-0.39, 0.29) is 0 Å². The van der Waals surface area contributed by atoms with Crippen LogP contribution in [0.1, 0.15) is 44.2 Å². The fourth-order valence-corrected chi connectivity index (χ4v) is 3.74. The monoisotopic (exact) mass is 299 g/mol. The predicted octanol–water partition coefficient (Wildman–Crippen LogP) is 3.56. The lowest BCUT2D eigenvalue weighted by atomic mass is 9.97. The molecule has 0 bridgehead atoms. The lowest BCUT2D eigenvalue weighted by molar-refractivity contribution is 0.202. The Labute approximate surface area is 134 Å². The molecule has 22 heavy (non-hydrogen) atoms. The number of piperidine rings is 1. The van der Waals surface area contributed by atoms with Crippen LogP contribution >= 0.6 is 0 Å². The van der Waals surface area contributed by atoms with Crippen molar-refractivity contribution in [1.82, 2.24) is 10.2 Å². The van der Waals surface area contributed by atoms with Gasteiger partial charge in [0, 0.05) is 30.9 Å². The Kier molecular flexibility index (Phi) is 5.16. The average Bonchev–Trinajstić information content (AvgIpc) is 2.71. The Balaban J connectivity index is 1.59. The van der Waals surface area contributed by atoms with Crippen molar-refractivity contribution in [2.45, 2.75) is 44.7 Å². The number of hydrogen-bond donors (Lipinski definition) is 2. The largest absolute Gasteiger partial charge is 0.385 e. The van der Waals surface area contributed by atoms with Crippen molar-refractivity contribution in [3.63, 3.8) is 0 Å². The Bertz CT molecular complexity index is 503. The van der Waals surface area contributed by atoms with Crippen molar-refractivity contribution >= 4 is 5.69 Å². The molecule has 3 heteroatoms. The number of anilines is 1. The summed E-state index contributed by atoms with van der Waals surface area (Å²) in [4.78, 5) is 2.53. The van der Waals surface area contributed by atoms with Gasteiger partial charge in [0.05, 0.1) is 0 Å². The van der Waals surface area contributed by atoms with E-state index >= 15 is 0 Å². The van der Waals surface area contributed by atoms with Gasteiger partial charge in [-0.25, -0.2) is 0 Å². The van der Waals surface area contributed by atoms with Crippen LogP contribution in [0.3, 0.4) is 0 Å². The molecule has 0 amide bonds. The van der Waals surface area contributed by atoms with Gasteiger partial charge in [-0.05, 0) is 57.3 Å². The Morgan fingerprint density at radius 2 is 2.05 bits per heavy atom. The van der Waals surface area contributed by atoms with Gasteiger partial charge in [0.2, 0.25) is 0 Å². The maximum atomic E-state index is 4.03. The maximum Gasteiger partial charge on any atom is 0.0388 e. The predicted molar refractivity (Wildman–Crippen MR) is 94.3 cm³/mol. The van der Waals surface area contributed by atoms with E-state index in [4.69, 9.17) is 0 Å². The van der Waals surface area contributed by atoms with Crippen LogP contribution in [0, 0.1) is 0 Å². The summed E-state index contributed by atoms with van der Waals surface area (Å²) in [6.07, 6.45) is 4.97. The van der Waals surface area contributed by atoms with E-state index in [0.29, 0.717) is 12.1 Å². The lowest BCUT2D eigenvalue weighted by Crippen LogP contribution is -2.44. The first-order valence-electron chi connectivity index (χ1n) is 8.68. The number of hydrogen-bond acceptors (Lipinski definition) is 3. The van der Waals surface area contributed by atoms with E-state index in [0.717, 1.165) is 13.1 Å². The molecule has 0 spiro atoms. The third kappa shape index (κ3) is 3.90. The van der Waals surface area contributed by atoms with Crippen molar-refractivity contribution in [2.75, 3.05) is 31.5 Å². The van der Waals surface area contributed by atoms with Crippen molar-refractivity contribution in [3.8, 4) is 0 Å². The first-order chi connectivity index (χ1) is 10.7. The zero-order valence-electron chi connectivity index (χ0n) is 13.8. The van der Waals surface area contributed by atoms with Crippen LogP contribution in [0.4, 0.5) is 5.69 Å². The summed E-state index contributed by atoms with van der Waals surface area (Å²) in [5.74, 6) is 0. The zero-order valence-corrected chi connectivity index (χ0v) is 13.8. The number of nitrogens with zero attached hydrogens (tertiary/aromatic N) is 1. The van der Waals surface area contributed by atoms with Crippen LogP contribution in [-0.2, 0) is 0 Å². The summed E-state index contributed by atoms with van der Waals surface area (Å²) in [6, 6.07) is 9.94. The standard InChI is InChI=1S/C19H29N3/c1-15(2)14-22-12-9-16(10-13-22)21-19-8-5-11-20-18-7-4-3-6-17(18)19/h3-4,6-7,16,19-21H,1,5,8-14H2,2H3/t19-/m1/s1. The maximum absolute atomic E-state index is 4.03. The van der Waals surface area contributed by atoms with Gasteiger partial charge in [0.15, 0.2) is 0 Å². The third-order valence-electron chi connectivity index (χ3n) is 4.84. The van der Waals surface area contributed by atoms with Crippen LogP contribution in [0.25, 0.3) is 0 Å². The molecule has 0 radical (unpaired) electrons. The molecule has 2 N–H and O–H groups in total. The molecule has 3 nitrogen and oxygen atoms in total. The number of nitrogens with one attached hydrogen (secondary N) is 2. The van der Waals surface area contributed by atoms with E-state index in [1.54, 1.807) is 0 Å². The third-order valence-corrected chi connectivity index (χ3v) is 4.84. The topological polar surface area (TPSA) is 27.3 Å². The van der Waals surface area contributed by atoms with Crippen molar-refractivity contribution in [1.29, 1.82) is 0 Å². The molecule has 0 aliphatic carbocycles. The molecule has 1 atom stereocenters. The minimum absolute atomic E-state index is 0.504. The molecule has 2 aliphatic rings. The highest BCUT2D eigenvalue weighted by atomic mass is 15.1. The van der Waals surface area contributed by atoms with Gasteiger partial charge in [-0.3, -0.25) is 4.90 Å². The SMILES string of the molecule is C=C(C)CN1CCC(N[C@@H]2CCCNc3ccccc32)CC1. The number of rotatable bonds is 4. The molecule has 2 aliphatic heterocycles. The van der Waals surface area contributed by atoms with Gasteiger partial charge < -0.3 is 10.6 Å². The van der Waals surface area contributed by atoms with E-state index in [1.165, 1.54) is 55.6 Å². The first-order valence-corrected chi connectivity index (χ1v) is 8.68. The summed E-state index contributed by atoms with van der Waals surface area (Å²) in [5, 5.41) is 7.50. The van der Waals surface area contributed by atoms with E-state index in [9.17, 15) is 0 Å². The summed E-state index contributed by atoms with van der Waals surface area (Å²) in [5.41, 5.74) is 4.04. The van der Waals surface area contributed by atoms with Crippen LogP contribution in [0.15, 0.2) is 36.4 Å². The lowest BCUT2D eigenvalue weighted by Gasteiger charge is -2.34. The minimum atomic E-state index is 0.504. The van der Waals surface area contributed by atoms with E-state index in [2.05, 4.69) is 53.3 Å². The zero-order chi connectivity index (χ0) is 15.4. The summed E-state index contributed by atoms with van der Waals surface area (Å²) in [6.45, 7) is 10.7. The molecule has 0 unspecified atom stereocenters. The molecular weight excluding hydrogens is 270 g/mol. The molecule has 1 aromatic rings. The highest BCUT2D eigenvalue weighted by Crippen LogP contribution is 2.30. The molecule has 1 fully saturated rings. The van der Waals surface area contributed by atoms with Crippen LogP contribution < -0.4 is 10.6 Å². The van der Waals surface area contributed by atoms with Gasteiger partial charge in [0.25, 0.3) is 0 Å². The molecule has 120 valence electrons. The second kappa shape index (κ2) is 7.30. The normalized spacial score (nSPS) is 23.4. The summed E-state index contributed by atoms with van der Waals surface area (Å²) in [7, 11) is 0.